The van der Waals surface area contributed by atoms with Crippen molar-refractivity contribution in [3.05, 3.63) is 35.4 Å². The van der Waals surface area contributed by atoms with Crippen molar-refractivity contribution in [2.24, 2.45) is 5.73 Å². The molecule has 1 atom stereocenters. The van der Waals surface area contributed by atoms with Crippen molar-refractivity contribution in [1.29, 1.82) is 0 Å². The average Bonchev–Trinajstić information content (AvgIpc) is 2.44. The lowest BCUT2D eigenvalue weighted by molar-refractivity contribution is -0.140. The van der Waals surface area contributed by atoms with Gasteiger partial charge in [-0.15, -0.1) is 0 Å². The van der Waals surface area contributed by atoms with Crippen molar-refractivity contribution in [1.82, 2.24) is 0 Å². The molecule has 2 rings (SSSR count). The van der Waals surface area contributed by atoms with Crippen LogP contribution in [-0.2, 0) is 19.1 Å². The van der Waals surface area contributed by atoms with E-state index in [0.29, 0.717) is 0 Å². The number of fused-ring (bicyclic) bond motifs is 1. The third-order valence-corrected chi connectivity index (χ3v) is 2.73. The van der Waals surface area contributed by atoms with E-state index in [-0.39, 0.29) is 24.0 Å². The van der Waals surface area contributed by atoms with Crippen molar-refractivity contribution < 1.29 is 28.7 Å². The molecule has 0 aromatic heterocycles. The van der Waals surface area contributed by atoms with Gasteiger partial charge in [0.2, 0.25) is 0 Å². The van der Waals surface area contributed by atoms with Crippen LogP contribution in [0.5, 0.6) is 0 Å². The molecule has 0 saturated heterocycles. The SMILES string of the molecule is N[C@H]1CCC(=O)OC(=O)c2ccccc2C(=O)OC1=O. The lowest BCUT2D eigenvalue weighted by atomic mass is 10.1. The number of nitrogens with two attached hydrogens (primary N) is 1. The van der Waals surface area contributed by atoms with E-state index < -0.39 is 29.9 Å². The highest BCUT2D eigenvalue weighted by Gasteiger charge is 2.27. The first kappa shape index (κ1) is 13.9. The Kier molecular flexibility index (Phi) is 3.90. The Morgan fingerprint density at radius 3 is 2.10 bits per heavy atom. The Morgan fingerprint density at radius 1 is 0.950 bits per heavy atom. The first-order valence-electron chi connectivity index (χ1n) is 5.84. The minimum absolute atomic E-state index is 0.0748. The highest BCUT2D eigenvalue weighted by atomic mass is 16.6. The van der Waals surface area contributed by atoms with Crippen LogP contribution in [0.1, 0.15) is 33.6 Å². The van der Waals surface area contributed by atoms with Crippen LogP contribution in [0.3, 0.4) is 0 Å². The molecular weight excluding hydrogens is 266 g/mol. The van der Waals surface area contributed by atoms with E-state index in [1.807, 2.05) is 0 Å². The first-order valence-corrected chi connectivity index (χ1v) is 5.84. The summed E-state index contributed by atoms with van der Waals surface area (Å²) in [6.07, 6.45) is -0.299. The third-order valence-electron chi connectivity index (χ3n) is 2.73. The lowest BCUT2D eigenvalue weighted by Gasteiger charge is -2.08. The number of esters is 4. The molecule has 1 heterocycles. The van der Waals surface area contributed by atoms with Crippen LogP contribution in [0.15, 0.2) is 24.3 Å². The molecule has 0 fully saturated rings. The fourth-order valence-corrected chi connectivity index (χ4v) is 1.66. The van der Waals surface area contributed by atoms with Gasteiger partial charge in [0.15, 0.2) is 0 Å². The van der Waals surface area contributed by atoms with Crippen LogP contribution in [0.25, 0.3) is 0 Å². The van der Waals surface area contributed by atoms with E-state index in [2.05, 4.69) is 9.47 Å². The van der Waals surface area contributed by atoms with E-state index in [4.69, 9.17) is 5.73 Å². The molecule has 1 aromatic rings. The Hall–Kier alpha value is -2.54. The van der Waals surface area contributed by atoms with Gasteiger partial charge in [0.25, 0.3) is 0 Å². The number of hydrogen-bond donors (Lipinski definition) is 1. The van der Waals surface area contributed by atoms with Crippen LogP contribution >= 0.6 is 0 Å². The molecule has 1 aliphatic rings. The maximum Gasteiger partial charge on any atom is 0.346 e. The van der Waals surface area contributed by atoms with Crippen molar-refractivity contribution in [2.45, 2.75) is 18.9 Å². The topological polar surface area (TPSA) is 113 Å². The number of ether oxygens (including phenoxy) is 2. The van der Waals surface area contributed by atoms with Crippen LogP contribution in [0.4, 0.5) is 0 Å². The van der Waals surface area contributed by atoms with Gasteiger partial charge in [-0.2, -0.15) is 0 Å². The zero-order valence-electron chi connectivity index (χ0n) is 10.3. The van der Waals surface area contributed by atoms with Crippen molar-refractivity contribution in [3.8, 4) is 0 Å². The molecule has 20 heavy (non-hydrogen) atoms. The number of carbonyl (C=O) groups excluding carboxylic acids is 4. The van der Waals surface area contributed by atoms with Gasteiger partial charge < -0.3 is 15.2 Å². The van der Waals surface area contributed by atoms with Crippen molar-refractivity contribution in [2.75, 3.05) is 0 Å². The molecule has 2 N–H and O–H groups in total. The van der Waals surface area contributed by atoms with Gasteiger partial charge in [0.05, 0.1) is 11.1 Å². The second-order valence-corrected chi connectivity index (χ2v) is 4.16. The van der Waals surface area contributed by atoms with E-state index in [1.54, 1.807) is 0 Å². The largest absolute Gasteiger partial charge is 0.389 e. The van der Waals surface area contributed by atoms with Gasteiger partial charge in [0, 0.05) is 6.42 Å². The molecule has 1 aromatic carbocycles. The second kappa shape index (κ2) is 5.62. The summed E-state index contributed by atoms with van der Waals surface area (Å²) < 4.78 is 9.17. The van der Waals surface area contributed by atoms with Crippen LogP contribution in [-0.4, -0.2) is 29.9 Å². The second-order valence-electron chi connectivity index (χ2n) is 4.16. The fourth-order valence-electron chi connectivity index (χ4n) is 1.66. The normalized spacial score (nSPS) is 20.6. The summed E-state index contributed by atoms with van der Waals surface area (Å²) in [5, 5.41) is 0. The van der Waals surface area contributed by atoms with Gasteiger partial charge in [-0.05, 0) is 18.6 Å². The lowest BCUT2D eigenvalue weighted by Crippen LogP contribution is -2.34. The predicted molar refractivity (Wildman–Crippen MR) is 64.5 cm³/mol. The monoisotopic (exact) mass is 277 g/mol. The fraction of sp³-hybridized carbons (Fsp3) is 0.231. The summed E-state index contributed by atoms with van der Waals surface area (Å²) in [6, 6.07) is 4.44. The standard InChI is InChI=1S/C13H11NO6/c14-9-5-6-10(15)19-11(16)7-3-1-2-4-8(7)12(17)20-13(9)18/h1-4,9H,5-6,14H2/t9-/m0/s1. The highest BCUT2D eigenvalue weighted by Crippen LogP contribution is 2.14. The molecule has 7 heteroatoms. The molecule has 104 valence electrons. The molecular formula is C13H11NO6. The van der Waals surface area contributed by atoms with Crippen LogP contribution in [0.2, 0.25) is 0 Å². The van der Waals surface area contributed by atoms with Gasteiger partial charge >= 0.3 is 23.9 Å². The molecule has 0 aliphatic carbocycles. The molecule has 0 bridgehead atoms. The molecule has 0 radical (unpaired) electrons. The van der Waals surface area contributed by atoms with E-state index in [1.165, 1.54) is 24.3 Å². The molecule has 0 unspecified atom stereocenters. The Labute approximate surface area is 113 Å². The van der Waals surface area contributed by atoms with Gasteiger partial charge in [-0.3, -0.25) is 4.79 Å². The third kappa shape index (κ3) is 2.89. The first-order chi connectivity index (χ1) is 9.49. The zero-order chi connectivity index (χ0) is 14.7. The number of cyclic esters (lactones) is 4. The Balaban J connectivity index is 2.42. The maximum absolute atomic E-state index is 11.8. The summed E-state index contributed by atoms with van der Waals surface area (Å²) in [7, 11) is 0. The van der Waals surface area contributed by atoms with Crippen molar-refractivity contribution >= 4 is 23.9 Å². The summed E-state index contributed by atoms with van der Waals surface area (Å²) in [5.41, 5.74) is 5.17. The van der Waals surface area contributed by atoms with E-state index in [0.717, 1.165) is 0 Å². The van der Waals surface area contributed by atoms with E-state index >= 15 is 0 Å². The zero-order valence-corrected chi connectivity index (χ0v) is 10.3. The smallest absolute Gasteiger partial charge is 0.346 e. The summed E-state index contributed by atoms with van der Waals surface area (Å²) >= 11 is 0. The van der Waals surface area contributed by atoms with Crippen molar-refractivity contribution in [3.63, 3.8) is 0 Å². The Morgan fingerprint density at radius 2 is 1.50 bits per heavy atom. The average molecular weight is 277 g/mol. The maximum atomic E-state index is 11.8. The Bertz CT molecular complexity index is 594. The van der Waals surface area contributed by atoms with Gasteiger partial charge in [-0.1, -0.05) is 12.1 Å². The molecule has 0 amide bonds. The number of benzene rings is 1. The quantitative estimate of drug-likeness (QED) is 0.531. The molecule has 0 saturated carbocycles. The summed E-state index contributed by atoms with van der Waals surface area (Å²) in [5.74, 6) is -3.74. The van der Waals surface area contributed by atoms with Crippen LogP contribution in [0, 0.1) is 0 Å². The van der Waals surface area contributed by atoms with Crippen LogP contribution < -0.4 is 5.73 Å². The minimum atomic E-state index is -1.13. The van der Waals surface area contributed by atoms with E-state index in [9.17, 15) is 19.2 Å². The highest BCUT2D eigenvalue weighted by molar-refractivity contribution is 6.08. The minimum Gasteiger partial charge on any atom is -0.389 e. The number of rotatable bonds is 0. The number of carbonyl (C=O) groups is 4. The van der Waals surface area contributed by atoms with Gasteiger partial charge in [0.1, 0.15) is 6.04 Å². The van der Waals surface area contributed by atoms with Gasteiger partial charge in [-0.25, -0.2) is 14.4 Å². The molecule has 1 aliphatic heterocycles. The predicted octanol–water partition coefficient (Wildman–Crippen LogP) is 0.174. The molecule has 7 nitrogen and oxygen atoms in total. The summed E-state index contributed by atoms with van der Waals surface area (Å²) in [4.78, 5) is 46.6. The summed E-state index contributed by atoms with van der Waals surface area (Å²) in [6.45, 7) is 0. The number of hydrogen-bond acceptors (Lipinski definition) is 7. The molecule has 0 spiro atoms.